The Kier molecular flexibility index (Phi) is 46.9. The summed E-state index contributed by atoms with van der Waals surface area (Å²) in [5.41, 5.74) is 4.04. The second-order valence-corrected chi connectivity index (χ2v) is 4.07. The first-order valence-corrected chi connectivity index (χ1v) is 9.91. The van der Waals surface area contributed by atoms with Crippen LogP contribution >= 0.6 is 0 Å². The molecule has 0 heteroatoms. The van der Waals surface area contributed by atoms with E-state index in [-0.39, 0.29) is 7.43 Å². The lowest BCUT2D eigenvalue weighted by molar-refractivity contribution is 1.22. The molecule has 0 N–H and O–H groups in total. The van der Waals surface area contributed by atoms with E-state index in [9.17, 15) is 0 Å². The van der Waals surface area contributed by atoms with Gasteiger partial charge in [0.1, 0.15) is 0 Å². The van der Waals surface area contributed by atoms with Gasteiger partial charge in [0, 0.05) is 0 Å². The number of aryl methyl sites for hydroxylation is 2. The third-order valence-corrected chi connectivity index (χ3v) is 2.57. The Labute approximate surface area is 167 Å². The Bertz CT molecular complexity index is 441. The van der Waals surface area contributed by atoms with Gasteiger partial charge in [0.2, 0.25) is 0 Å². The van der Waals surface area contributed by atoms with Gasteiger partial charge in [-0.15, -0.1) is 6.58 Å². The van der Waals surface area contributed by atoms with Crippen molar-refractivity contribution in [2.45, 2.75) is 83.1 Å². The maximum Gasteiger partial charge on any atom is -0.00975 e. The largest absolute Gasteiger partial charge is 0.103 e. The van der Waals surface area contributed by atoms with E-state index in [4.69, 9.17) is 0 Å². The highest BCUT2D eigenvalue weighted by Gasteiger charge is 1.90. The molecule has 26 heavy (non-hydrogen) atoms. The number of allylic oxidation sites excluding steroid dienone is 1. The Morgan fingerprint density at radius 3 is 1.35 bits per heavy atom. The van der Waals surface area contributed by atoms with Crippen molar-refractivity contribution in [3.05, 3.63) is 83.9 Å². The lowest BCUT2D eigenvalue weighted by Crippen LogP contribution is -1.83. The van der Waals surface area contributed by atoms with Crippen molar-refractivity contribution < 1.29 is 0 Å². The van der Waals surface area contributed by atoms with Crippen LogP contribution in [-0.2, 0) is 6.42 Å². The van der Waals surface area contributed by atoms with Crippen LogP contribution in [0.4, 0.5) is 0 Å². The standard InChI is InChI=1S/C10H12.C7H8.4C2H6.CH4/c1-3-6-10-8-5-4-7-9(10)2;1-7-5-3-2-4-6-7;4*1-2;/h3-5,7-8H,1,6H2,2H3;2-6H,1H3;4*1-2H3;1H4. The summed E-state index contributed by atoms with van der Waals surface area (Å²) < 4.78 is 0. The molecule has 0 saturated carbocycles. The minimum atomic E-state index is 0. The first-order valence-electron chi connectivity index (χ1n) is 9.91. The summed E-state index contributed by atoms with van der Waals surface area (Å²) >= 11 is 0. The molecule has 0 bridgehead atoms. The van der Waals surface area contributed by atoms with E-state index in [1.54, 1.807) is 0 Å². The molecular formula is C26H48. The van der Waals surface area contributed by atoms with Gasteiger partial charge in [0.25, 0.3) is 0 Å². The molecule has 0 aliphatic heterocycles. The highest BCUT2D eigenvalue weighted by Crippen LogP contribution is 2.07. The van der Waals surface area contributed by atoms with E-state index in [1.165, 1.54) is 16.7 Å². The summed E-state index contributed by atoms with van der Waals surface area (Å²) in [7, 11) is 0. The Morgan fingerprint density at radius 1 is 0.654 bits per heavy atom. The zero-order valence-corrected chi connectivity index (χ0v) is 18.7. The van der Waals surface area contributed by atoms with Gasteiger partial charge in [-0.3, -0.25) is 0 Å². The normalized spacial score (nSPS) is 6.85. The molecule has 0 unspecified atom stereocenters. The van der Waals surface area contributed by atoms with E-state index in [0.717, 1.165) is 6.42 Å². The van der Waals surface area contributed by atoms with Crippen molar-refractivity contribution in [2.75, 3.05) is 0 Å². The molecule has 152 valence electrons. The van der Waals surface area contributed by atoms with Crippen molar-refractivity contribution in [1.29, 1.82) is 0 Å². The van der Waals surface area contributed by atoms with Crippen LogP contribution < -0.4 is 0 Å². The van der Waals surface area contributed by atoms with Crippen molar-refractivity contribution in [3.8, 4) is 0 Å². The van der Waals surface area contributed by atoms with Gasteiger partial charge >= 0.3 is 0 Å². The molecule has 2 aromatic carbocycles. The van der Waals surface area contributed by atoms with Gasteiger partial charge in [-0.05, 0) is 31.4 Å². The van der Waals surface area contributed by atoms with Gasteiger partial charge < -0.3 is 0 Å². The summed E-state index contributed by atoms with van der Waals surface area (Å²) in [5, 5.41) is 0. The smallest absolute Gasteiger partial charge is 0.00975 e. The quantitative estimate of drug-likeness (QED) is 0.468. The average Bonchev–Trinajstić information content (AvgIpc) is 2.71. The predicted molar refractivity (Wildman–Crippen MR) is 128 cm³/mol. The minimum Gasteiger partial charge on any atom is -0.103 e. The Hall–Kier alpha value is -1.82. The van der Waals surface area contributed by atoms with Crippen LogP contribution in [0.1, 0.15) is 79.5 Å². The van der Waals surface area contributed by atoms with Gasteiger partial charge in [0.05, 0.1) is 0 Å². The average molecular weight is 361 g/mol. The predicted octanol–water partition coefficient (Wildman–Crippen LogP) is 9.46. The van der Waals surface area contributed by atoms with Gasteiger partial charge in [-0.1, -0.05) is 129 Å². The zero-order chi connectivity index (χ0) is 20.5. The molecule has 0 heterocycles. The lowest BCUT2D eigenvalue weighted by atomic mass is 10.1. The topological polar surface area (TPSA) is 0 Å². The molecule has 0 amide bonds. The van der Waals surface area contributed by atoms with Gasteiger partial charge in [-0.25, -0.2) is 0 Å². The van der Waals surface area contributed by atoms with Crippen molar-refractivity contribution in [1.82, 2.24) is 0 Å². The molecule has 0 aromatic heterocycles. The molecule has 0 aliphatic rings. The van der Waals surface area contributed by atoms with E-state index in [0.29, 0.717) is 0 Å². The fourth-order valence-corrected chi connectivity index (χ4v) is 1.53. The SMILES string of the molecule is C.C=CCc1ccccc1C.CC.CC.CC.CC.Cc1ccccc1. The highest BCUT2D eigenvalue weighted by atomic mass is 14.0. The first kappa shape index (κ1) is 35.3. The highest BCUT2D eigenvalue weighted by molar-refractivity contribution is 5.26. The fourth-order valence-electron chi connectivity index (χ4n) is 1.53. The number of benzene rings is 2. The second-order valence-electron chi connectivity index (χ2n) is 4.07. The van der Waals surface area contributed by atoms with E-state index < -0.39 is 0 Å². The molecule has 0 saturated heterocycles. The zero-order valence-electron chi connectivity index (χ0n) is 18.7. The molecule has 0 atom stereocenters. The van der Waals surface area contributed by atoms with Crippen LogP contribution in [0, 0.1) is 13.8 Å². The minimum absolute atomic E-state index is 0. The molecule has 0 aliphatic carbocycles. The summed E-state index contributed by atoms with van der Waals surface area (Å²) in [4.78, 5) is 0. The lowest BCUT2D eigenvalue weighted by Gasteiger charge is -1.99. The monoisotopic (exact) mass is 360 g/mol. The maximum absolute atomic E-state index is 3.70. The molecule has 0 nitrogen and oxygen atoms in total. The van der Waals surface area contributed by atoms with E-state index in [1.807, 2.05) is 79.7 Å². The van der Waals surface area contributed by atoms with Crippen LogP contribution in [0.15, 0.2) is 67.3 Å². The second kappa shape index (κ2) is 34.5. The van der Waals surface area contributed by atoms with Crippen LogP contribution in [-0.4, -0.2) is 0 Å². The molecule has 0 radical (unpaired) electrons. The summed E-state index contributed by atoms with van der Waals surface area (Å²) in [6.07, 6.45) is 2.91. The molecule has 0 spiro atoms. The van der Waals surface area contributed by atoms with Crippen LogP contribution in [0.3, 0.4) is 0 Å². The van der Waals surface area contributed by atoms with Crippen molar-refractivity contribution in [2.24, 2.45) is 0 Å². The first-order chi connectivity index (χ1) is 12.2. The molecule has 2 rings (SSSR count). The van der Waals surface area contributed by atoms with E-state index in [2.05, 4.69) is 56.8 Å². The number of rotatable bonds is 2. The fraction of sp³-hybridized carbons (Fsp3) is 0.462. The summed E-state index contributed by atoms with van der Waals surface area (Å²) in [6, 6.07) is 18.6. The third-order valence-electron chi connectivity index (χ3n) is 2.57. The Balaban J connectivity index is -0.0000000812. The Morgan fingerprint density at radius 2 is 1.04 bits per heavy atom. The summed E-state index contributed by atoms with van der Waals surface area (Å²) in [5.74, 6) is 0. The summed E-state index contributed by atoms with van der Waals surface area (Å²) in [6.45, 7) is 23.9. The van der Waals surface area contributed by atoms with Crippen LogP contribution in [0.2, 0.25) is 0 Å². The third kappa shape index (κ3) is 24.4. The van der Waals surface area contributed by atoms with Crippen molar-refractivity contribution >= 4 is 0 Å². The van der Waals surface area contributed by atoms with Crippen LogP contribution in [0.5, 0.6) is 0 Å². The molecule has 2 aromatic rings. The van der Waals surface area contributed by atoms with Crippen molar-refractivity contribution in [3.63, 3.8) is 0 Å². The maximum atomic E-state index is 3.70. The number of hydrogen-bond donors (Lipinski definition) is 0. The molecular weight excluding hydrogens is 312 g/mol. The van der Waals surface area contributed by atoms with Gasteiger partial charge in [-0.2, -0.15) is 0 Å². The van der Waals surface area contributed by atoms with E-state index >= 15 is 0 Å². The number of hydrogen-bond acceptors (Lipinski definition) is 0. The molecule has 0 fully saturated rings. The van der Waals surface area contributed by atoms with Gasteiger partial charge in [0.15, 0.2) is 0 Å². The van der Waals surface area contributed by atoms with Crippen LogP contribution in [0.25, 0.3) is 0 Å².